The molecule has 1 aliphatic heterocycles. The van der Waals surface area contributed by atoms with Crippen molar-refractivity contribution in [2.24, 2.45) is 5.92 Å². The summed E-state index contributed by atoms with van der Waals surface area (Å²) < 4.78 is 0. The highest BCUT2D eigenvalue weighted by molar-refractivity contribution is 6.60. The fraction of sp³-hybridized carbons (Fsp3) is 0.417. The first-order valence-corrected chi connectivity index (χ1v) is 12.4. The van der Waals surface area contributed by atoms with Gasteiger partial charge in [0, 0.05) is 43.5 Å². The van der Waals surface area contributed by atoms with Crippen LogP contribution < -0.4 is 15.8 Å². The molecule has 2 N–H and O–H groups in total. The summed E-state index contributed by atoms with van der Waals surface area (Å²) in [6, 6.07) is 8.67. The monoisotopic (exact) mass is 468 g/mol. The number of H-pyrrole nitrogens is 1. The summed E-state index contributed by atoms with van der Waals surface area (Å²) in [5.41, 5.74) is 4.98. The third-order valence-electron chi connectivity index (χ3n) is 7.09. The largest absolute Gasteiger partial charge is 0.368 e. The lowest BCUT2D eigenvalue weighted by Gasteiger charge is -2.35. The number of hydrogen-bond acceptors (Lipinski definition) is 6. The van der Waals surface area contributed by atoms with Gasteiger partial charge in [0.1, 0.15) is 29.2 Å². The summed E-state index contributed by atoms with van der Waals surface area (Å²) >= 11 is 0. The topological polar surface area (TPSA) is 94.2 Å². The Morgan fingerprint density at radius 2 is 1.97 bits per heavy atom. The van der Waals surface area contributed by atoms with E-state index in [1.54, 1.807) is 0 Å². The van der Waals surface area contributed by atoms with Crippen LogP contribution in [-0.2, 0) is 13.0 Å². The molecule has 4 heterocycles. The lowest BCUT2D eigenvalue weighted by atomic mass is 9.49. The Bertz CT molecular complexity index is 1320. The molecule has 178 valence electrons. The van der Waals surface area contributed by atoms with Crippen molar-refractivity contribution in [3.8, 4) is 0 Å². The van der Waals surface area contributed by atoms with Gasteiger partial charge in [0.25, 0.3) is 11.5 Å². The fourth-order valence-corrected chi connectivity index (χ4v) is 5.30. The van der Waals surface area contributed by atoms with Gasteiger partial charge in [0.2, 0.25) is 0 Å². The van der Waals surface area contributed by atoms with Crippen molar-refractivity contribution in [1.82, 2.24) is 25.2 Å². The smallest absolute Gasteiger partial charge is 0.268 e. The second-order valence-electron chi connectivity index (χ2n) is 10.9. The third kappa shape index (κ3) is 4.74. The van der Waals surface area contributed by atoms with Gasteiger partial charge in [-0.1, -0.05) is 13.8 Å². The number of aryl methyl sites for hydroxylation is 1. The number of anilines is 1. The van der Waals surface area contributed by atoms with Crippen LogP contribution in [0, 0.1) is 5.92 Å². The van der Waals surface area contributed by atoms with Gasteiger partial charge in [0.05, 0.1) is 22.9 Å². The second-order valence-corrected chi connectivity index (χ2v) is 10.9. The van der Waals surface area contributed by atoms with E-state index in [0.717, 1.165) is 47.5 Å². The molecule has 1 amide bonds. The standard InChI is InChI=1S/C24H31B3N6O2/c1-3-15-9-18-19(30-22(15)34)8-14(10-28-18)12-32-6-7-33(21-13(2)20(21)32)16-4-5-17(29-11-16)23(35)31-24(25,26)27/h4-5,8-11,13,20-21H,3,6-7,12,25-27H2,1-2H3,(H,30,34)(H,31,35). The van der Waals surface area contributed by atoms with Crippen LogP contribution in [0.25, 0.3) is 11.0 Å². The average Bonchev–Trinajstić information content (AvgIpc) is 3.49. The molecule has 11 heteroatoms. The first-order valence-electron chi connectivity index (χ1n) is 12.4. The predicted molar refractivity (Wildman–Crippen MR) is 146 cm³/mol. The van der Waals surface area contributed by atoms with E-state index in [9.17, 15) is 9.59 Å². The molecule has 0 radical (unpaired) electrons. The Balaban J connectivity index is 1.27. The summed E-state index contributed by atoms with van der Waals surface area (Å²) in [6.45, 7) is 6.91. The Labute approximate surface area is 208 Å². The van der Waals surface area contributed by atoms with Gasteiger partial charge in [-0.15, -0.1) is 0 Å². The molecule has 8 nitrogen and oxygen atoms in total. The van der Waals surface area contributed by atoms with Crippen LogP contribution in [0.1, 0.15) is 35.5 Å². The highest BCUT2D eigenvalue weighted by atomic mass is 16.2. The molecule has 3 aromatic rings. The van der Waals surface area contributed by atoms with Gasteiger partial charge >= 0.3 is 0 Å². The number of carbonyl (C=O) groups is 1. The van der Waals surface area contributed by atoms with Crippen LogP contribution in [0.15, 0.2) is 41.5 Å². The van der Waals surface area contributed by atoms with Crippen molar-refractivity contribution in [2.45, 2.75) is 44.1 Å². The molecule has 0 aromatic carbocycles. The van der Waals surface area contributed by atoms with Crippen molar-refractivity contribution < 1.29 is 4.79 Å². The highest BCUT2D eigenvalue weighted by Gasteiger charge is 2.56. The zero-order chi connectivity index (χ0) is 24.9. The molecular formula is C24H31B3N6O2. The molecule has 2 aliphatic rings. The number of hydrogen-bond donors (Lipinski definition) is 2. The van der Waals surface area contributed by atoms with E-state index in [0.29, 0.717) is 30.1 Å². The summed E-state index contributed by atoms with van der Waals surface area (Å²) in [4.78, 5) is 41.6. The molecule has 2 fully saturated rings. The number of rotatable bonds is 6. The van der Waals surface area contributed by atoms with E-state index in [1.807, 2.05) is 61.1 Å². The van der Waals surface area contributed by atoms with E-state index >= 15 is 0 Å². The van der Waals surface area contributed by atoms with Gasteiger partial charge in [-0.25, -0.2) is 4.98 Å². The zero-order valence-corrected chi connectivity index (χ0v) is 21.1. The van der Waals surface area contributed by atoms with Crippen LogP contribution in [0.5, 0.6) is 0 Å². The minimum atomic E-state index is -0.293. The number of nitrogens with zero attached hydrogens (tertiary/aromatic N) is 4. The molecule has 3 unspecified atom stereocenters. The van der Waals surface area contributed by atoms with Crippen molar-refractivity contribution in [3.63, 3.8) is 0 Å². The Morgan fingerprint density at radius 3 is 2.66 bits per heavy atom. The summed E-state index contributed by atoms with van der Waals surface area (Å²) in [7, 11) is 5.88. The molecule has 0 bridgehead atoms. The lowest BCUT2D eigenvalue weighted by molar-refractivity contribution is 0.0947. The quantitative estimate of drug-likeness (QED) is 0.444. The number of nitrogens with one attached hydrogen (secondary N) is 2. The molecule has 0 spiro atoms. The van der Waals surface area contributed by atoms with Crippen LogP contribution >= 0.6 is 0 Å². The molecule has 5 rings (SSSR count). The number of piperazine rings is 1. The zero-order valence-electron chi connectivity index (χ0n) is 21.1. The van der Waals surface area contributed by atoms with Crippen molar-refractivity contribution in [3.05, 3.63) is 63.8 Å². The van der Waals surface area contributed by atoms with Gasteiger partial charge in [0.15, 0.2) is 0 Å². The SMILES string of the molecule is BC(B)(B)NC(=O)c1ccc(N2CCN(Cc3cnc4cc(CC)c(=O)[nH]c4c3)C3C(C)C32)cn1. The first-order chi connectivity index (χ1) is 16.6. The minimum absolute atomic E-state index is 0.0287. The summed E-state index contributed by atoms with van der Waals surface area (Å²) in [5, 5.41) is 2.67. The van der Waals surface area contributed by atoms with Gasteiger partial charge in [-0.2, -0.15) is 0 Å². The molecule has 1 saturated carbocycles. The normalized spacial score (nSPS) is 22.1. The molecule has 1 saturated heterocycles. The number of fused-ring (bicyclic) bond motifs is 2. The lowest BCUT2D eigenvalue weighted by Crippen LogP contribution is -2.50. The van der Waals surface area contributed by atoms with Gasteiger partial charge in [-0.3, -0.25) is 19.5 Å². The number of pyridine rings is 3. The Kier molecular flexibility index (Phi) is 5.99. The van der Waals surface area contributed by atoms with Crippen LogP contribution in [0.3, 0.4) is 0 Å². The van der Waals surface area contributed by atoms with Gasteiger partial charge < -0.3 is 15.2 Å². The minimum Gasteiger partial charge on any atom is -0.368 e. The van der Waals surface area contributed by atoms with Crippen LogP contribution in [0.4, 0.5) is 5.69 Å². The molecular weight excluding hydrogens is 437 g/mol. The second kappa shape index (κ2) is 8.86. The Hall–Kier alpha value is -3.07. The number of amides is 1. The molecule has 35 heavy (non-hydrogen) atoms. The third-order valence-corrected chi connectivity index (χ3v) is 7.09. The number of aromatic nitrogens is 3. The van der Waals surface area contributed by atoms with Crippen molar-refractivity contribution in [2.75, 3.05) is 18.0 Å². The average molecular weight is 468 g/mol. The first kappa shape index (κ1) is 23.7. The van der Waals surface area contributed by atoms with Crippen LogP contribution in [-0.4, -0.2) is 79.7 Å². The van der Waals surface area contributed by atoms with Crippen molar-refractivity contribution >= 4 is 46.2 Å². The van der Waals surface area contributed by atoms with Crippen LogP contribution in [0.2, 0.25) is 0 Å². The highest BCUT2D eigenvalue weighted by Crippen LogP contribution is 2.45. The maximum absolute atomic E-state index is 12.4. The fourth-order valence-electron chi connectivity index (χ4n) is 5.30. The van der Waals surface area contributed by atoms with E-state index in [1.165, 1.54) is 0 Å². The van der Waals surface area contributed by atoms with Crippen molar-refractivity contribution in [1.29, 1.82) is 0 Å². The molecule has 3 aromatic heterocycles. The van der Waals surface area contributed by atoms with Gasteiger partial charge in [-0.05, 0) is 47.4 Å². The Morgan fingerprint density at radius 1 is 1.17 bits per heavy atom. The maximum Gasteiger partial charge on any atom is 0.268 e. The number of carbonyl (C=O) groups excluding carboxylic acids is 1. The van der Waals surface area contributed by atoms with E-state index in [-0.39, 0.29) is 16.7 Å². The summed E-state index contributed by atoms with van der Waals surface area (Å²) in [5.74, 6) is 0.393. The van der Waals surface area contributed by atoms with E-state index in [4.69, 9.17) is 0 Å². The van der Waals surface area contributed by atoms with E-state index in [2.05, 4.69) is 43.1 Å². The van der Waals surface area contributed by atoms with E-state index < -0.39 is 0 Å². The maximum atomic E-state index is 12.4. The molecule has 1 aliphatic carbocycles. The molecule has 3 atom stereocenters. The number of aromatic amines is 1. The summed E-state index contributed by atoms with van der Waals surface area (Å²) in [6.07, 6.45) is 4.45. The predicted octanol–water partition coefficient (Wildman–Crippen LogP) is -1.17.